The summed E-state index contributed by atoms with van der Waals surface area (Å²) in [4.78, 5) is 0. The van der Waals surface area contributed by atoms with E-state index < -0.39 is 34.8 Å². The lowest BCUT2D eigenvalue weighted by Crippen LogP contribution is -2.18. The van der Waals surface area contributed by atoms with Crippen molar-refractivity contribution in [1.29, 1.82) is 0 Å². The third-order valence-electron chi connectivity index (χ3n) is 3.98. The Labute approximate surface area is 161 Å². The molecule has 0 saturated heterocycles. The minimum Gasteiger partial charge on any atom is -0.457 e. The van der Waals surface area contributed by atoms with Crippen LogP contribution in [0.4, 0.5) is 18.9 Å². The first-order valence-corrected chi connectivity index (χ1v) is 10.2. The van der Waals surface area contributed by atoms with Gasteiger partial charge in [0.2, 0.25) is 10.0 Å². The van der Waals surface area contributed by atoms with E-state index in [1.54, 1.807) is 12.1 Å². The SMILES string of the molecule is O=S(=O)(CCCC(F)(F)F)Nc1ccc(Oc2cccc3ccccc23)cc1. The van der Waals surface area contributed by atoms with Crippen LogP contribution in [-0.2, 0) is 10.0 Å². The van der Waals surface area contributed by atoms with Crippen molar-refractivity contribution in [2.75, 3.05) is 10.5 Å². The summed E-state index contributed by atoms with van der Waals surface area (Å²) in [5.74, 6) is 0.579. The van der Waals surface area contributed by atoms with Crippen LogP contribution < -0.4 is 9.46 Å². The average Bonchev–Trinajstić information content (AvgIpc) is 2.62. The van der Waals surface area contributed by atoms with Crippen LogP contribution >= 0.6 is 0 Å². The highest BCUT2D eigenvalue weighted by atomic mass is 32.2. The van der Waals surface area contributed by atoms with E-state index in [9.17, 15) is 21.6 Å². The molecule has 0 atom stereocenters. The minimum absolute atomic E-state index is 0.261. The number of benzene rings is 3. The van der Waals surface area contributed by atoms with Crippen LogP contribution in [0.2, 0.25) is 0 Å². The molecule has 0 amide bonds. The maximum absolute atomic E-state index is 12.1. The monoisotopic (exact) mass is 409 g/mol. The van der Waals surface area contributed by atoms with E-state index in [2.05, 4.69) is 4.72 Å². The van der Waals surface area contributed by atoms with Crippen molar-refractivity contribution in [3.8, 4) is 11.5 Å². The Balaban J connectivity index is 1.65. The molecule has 3 aromatic rings. The molecule has 0 radical (unpaired) electrons. The second-order valence-corrected chi connectivity index (χ2v) is 8.09. The number of ether oxygens (including phenoxy) is 1. The summed E-state index contributed by atoms with van der Waals surface area (Å²) in [6.07, 6.45) is -5.98. The van der Waals surface area contributed by atoms with Crippen LogP contribution in [0, 0.1) is 0 Å². The Kier molecular flexibility index (Phi) is 5.79. The molecule has 0 heterocycles. The predicted molar refractivity (Wildman–Crippen MR) is 103 cm³/mol. The van der Waals surface area contributed by atoms with Gasteiger partial charge in [-0.2, -0.15) is 13.2 Å². The lowest BCUT2D eigenvalue weighted by Gasteiger charge is -2.11. The quantitative estimate of drug-likeness (QED) is 0.543. The van der Waals surface area contributed by atoms with Gasteiger partial charge in [-0.05, 0) is 42.1 Å². The number of anilines is 1. The molecule has 0 spiro atoms. The van der Waals surface area contributed by atoms with Crippen molar-refractivity contribution in [1.82, 2.24) is 0 Å². The maximum Gasteiger partial charge on any atom is 0.389 e. The Hall–Kier alpha value is -2.74. The number of sulfonamides is 1. The second-order valence-electron chi connectivity index (χ2n) is 6.24. The van der Waals surface area contributed by atoms with Gasteiger partial charge in [0.15, 0.2) is 0 Å². The highest BCUT2D eigenvalue weighted by molar-refractivity contribution is 7.92. The van der Waals surface area contributed by atoms with E-state index >= 15 is 0 Å². The van der Waals surface area contributed by atoms with Crippen molar-refractivity contribution in [2.45, 2.75) is 19.0 Å². The maximum atomic E-state index is 12.1. The molecular weight excluding hydrogens is 391 g/mol. The number of rotatable bonds is 7. The zero-order valence-corrected chi connectivity index (χ0v) is 15.6. The molecule has 28 heavy (non-hydrogen) atoms. The highest BCUT2D eigenvalue weighted by Gasteiger charge is 2.27. The van der Waals surface area contributed by atoms with Crippen molar-refractivity contribution < 1.29 is 26.3 Å². The molecule has 3 aromatic carbocycles. The number of hydrogen-bond acceptors (Lipinski definition) is 3. The summed E-state index contributed by atoms with van der Waals surface area (Å²) >= 11 is 0. The molecule has 0 bridgehead atoms. The Morgan fingerprint density at radius 2 is 1.57 bits per heavy atom. The second kappa shape index (κ2) is 8.10. The van der Waals surface area contributed by atoms with E-state index in [4.69, 9.17) is 4.74 Å². The van der Waals surface area contributed by atoms with Crippen LogP contribution in [0.3, 0.4) is 0 Å². The summed E-state index contributed by atoms with van der Waals surface area (Å²) in [5, 5.41) is 1.97. The molecule has 148 valence electrons. The molecule has 0 unspecified atom stereocenters. The van der Waals surface area contributed by atoms with Crippen molar-refractivity contribution in [3.05, 3.63) is 66.7 Å². The van der Waals surface area contributed by atoms with Crippen LogP contribution in [-0.4, -0.2) is 20.3 Å². The Bertz CT molecular complexity index is 1040. The van der Waals surface area contributed by atoms with Gasteiger partial charge in [-0.25, -0.2) is 8.42 Å². The molecule has 0 fully saturated rings. The van der Waals surface area contributed by atoms with E-state index in [0.29, 0.717) is 11.5 Å². The lowest BCUT2D eigenvalue weighted by atomic mass is 10.1. The van der Waals surface area contributed by atoms with Gasteiger partial charge in [0.05, 0.1) is 5.75 Å². The van der Waals surface area contributed by atoms with Crippen molar-refractivity contribution in [3.63, 3.8) is 0 Å². The summed E-state index contributed by atoms with van der Waals surface area (Å²) < 4.78 is 68.4. The third kappa shape index (κ3) is 5.63. The van der Waals surface area contributed by atoms with E-state index in [1.165, 1.54) is 12.1 Å². The molecule has 8 heteroatoms. The lowest BCUT2D eigenvalue weighted by molar-refractivity contribution is -0.134. The fraction of sp³-hybridized carbons (Fsp3) is 0.200. The Morgan fingerprint density at radius 1 is 0.893 bits per heavy atom. The number of fused-ring (bicyclic) bond motifs is 1. The fourth-order valence-electron chi connectivity index (χ4n) is 2.70. The first-order chi connectivity index (χ1) is 13.2. The van der Waals surface area contributed by atoms with Crippen molar-refractivity contribution >= 4 is 26.5 Å². The zero-order chi connectivity index (χ0) is 20.2. The molecule has 3 rings (SSSR count). The van der Waals surface area contributed by atoms with Gasteiger partial charge in [0.25, 0.3) is 0 Å². The summed E-state index contributed by atoms with van der Waals surface area (Å²) in [6, 6.07) is 19.6. The smallest absolute Gasteiger partial charge is 0.389 e. The van der Waals surface area contributed by atoms with Crippen molar-refractivity contribution in [2.24, 2.45) is 0 Å². The normalized spacial score (nSPS) is 12.1. The van der Waals surface area contributed by atoms with Gasteiger partial charge in [-0.15, -0.1) is 0 Å². The topological polar surface area (TPSA) is 55.4 Å². The molecule has 4 nitrogen and oxygen atoms in total. The van der Waals surface area contributed by atoms with E-state index in [1.807, 2.05) is 42.5 Å². The number of alkyl halides is 3. The van der Waals surface area contributed by atoms with Crippen LogP contribution in [0.1, 0.15) is 12.8 Å². The van der Waals surface area contributed by atoms with Gasteiger partial charge in [-0.1, -0.05) is 36.4 Å². The minimum atomic E-state index is -4.36. The van der Waals surface area contributed by atoms with Gasteiger partial charge in [0.1, 0.15) is 11.5 Å². The summed E-state index contributed by atoms with van der Waals surface area (Å²) in [7, 11) is -3.85. The standard InChI is InChI=1S/C20H18F3NO3S/c21-20(22,23)13-4-14-28(25,26)24-16-9-11-17(12-10-16)27-19-8-3-6-15-5-1-2-7-18(15)19/h1-3,5-12,24H,4,13-14H2. The van der Waals surface area contributed by atoms with E-state index in [0.717, 1.165) is 10.8 Å². The molecular formula is C20H18F3NO3S. The first kappa shape index (κ1) is 20.0. The Morgan fingerprint density at radius 3 is 2.29 bits per heavy atom. The van der Waals surface area contributed by atoms with E-state index in [-0.39, 0.29) is 5.69 Å². The third-order valence-corrected chi connectivity index (χ3v) is 5.35. The van der Waals surface area contributed by atoms with Gasteiger partial charge in [0, 0.05) is 17.5 Å². The van der Waals surface area contributed by atoms with Gasteiger partial charge in [-0.3, -0.25) is 4.72 Å². The zero-order valence-electron chi connectivity index (χ0n) is 14.7. The number of nitrogens with one attached hydrogen (secondary N) is 1. The van der Waals surface area contributed by atoms with Crippen LogP contribution in [0.15, 0.2) is 66.7 Å². The molecule has 0 aliphatic rings. The van der Waals surface area contributed by atoms with Gasteiger partial charge < -0.3 is 4.74 Å². The molecule has 0 aliphatic carbocycles. The molecule has 1 N–H and O–H groups in total. The molecule has 0 saturated carbocycles. The van der Waals surface area contributed by atoms with Crippen LogP contribution in [0.25, 0.3) is 10.8 Å². The fourth-order valence-corrected chi connectivity index (χ4v) is 3.82. The largest absolute Gasteiger partial charge is 0.457 e. The predicted octanol–water partition coefficient (Wildman–Crippen LogP) is 5.72. The highest BCUT2D eigenvalue weighted by Crippen LogP contribution is 2.30. The summed E-state index contributed by atoms with van der Waals surface area (Å²) in [6.45, 7) is 0. The van der Waals surface area contributed by atoms with Gasteiger partial charge >= 0.3 is 6.18 Å². The summed E-state index contributed by atoms with van der Waals surface area (Å²) in [5.41, 5.74) is 0.261. The van der Waals surface area contributed by atoms with Crippen LogP contribution in [0.5, 0.6) is 11.5 Å². The number of halogens is 3. The first-order valence-electron chi connectivity index (χ1n) is 8.55. The molecule has 0 aliphatic heterocycles. The average molecular weight is 409 g/mol. The number of hydrogen-bond donors (Lipinski definition) is 1. The molecule has 0 aromatic heterocycles.